The molecule has 5 heteroatoms. The Labute approximate surface area is 125 Å². The van der Waals surface area contributed by atoms with E-state index in [1.807, 2.05) is 11.4 Å². The average molecular weight is 341 g/mol. The molecule has 0 bridgehead atoms. The van der Waals surface area contributed by atoms with E-state index >= 15 is 0 Å². The Bertz CT molecular complexity index is 583. The van der Waals surface area contributed by atoms with Gasteiger partial charge in [0.1, 0.15) is 5.75 Å². The molecule has 0 aliphatic carbocycles. The first-order chi connectivity index (χ1) is 9.10. The van der Waals surface area contributed by atoms with Crippen molar-refractivity contribution in [2.75, 3.05) is 7.11 Å². The van der Waals surface area contributed by atoms with Crippen LogP contribution in [-0.4, -0.2) is 7.11 Å². The van der Waals surface area contributed by atoms with E-state index in [4.69, 9.17) is 10.6 Å². The van der Waals surface area contributed by atoms with Gasteiger partial charge in [0.05, 0.1) is 13.2 Å². The number of aryl methyl sites for hydroxylation is 1. The number of nitrogens with one attached hydrogen (secondary N) is 1. The summed E-state index contributed by atoms with van der Waals surface area (Å²) in [4.78, 5) is 1.14. The molecule has 0 spiro atoms. The molecule has 19 heavy (non-hydrogen) atoms. The molecule has 0 fully saturated rings. The van der Waals surface area contributed by atoms with Gasteiger partial charge in [-0.1, -0.05) is 12.1 Å². The van der Waals surface area contributed by atoms with Gasteiger partial charge in [-0.3, -0.25) is 5.84 Å². The van der Waals surface area contributed by atoms with Crippen molar-refractivity contribution in [2.24, 2.45) is 5.84 Å². The highest BCUT2D eigenvalue weighted by atomic mass is 79.9. The summed E-state index contributed by atoms with van der Waals surface area (Å²) in [7, 11) is 1.70. The highest BCUT2D eigenvalue weighted by molar-refractivity contribution is 9.10. The largest absolute Gasteiger partial charge is 0.496 e. The van der Waals surface area contributed by atoms with Crippen molar-refractivity contribution in [1.29, 1.82) is 0 Å². The van der Waals surface area contributed by atoms with Crippen LogP contribution in [0.3, 0.4) is 0 Å². The Kier molecular flexibility index (Phi) is 4.62. The van der Waals surface area contributed by atoms with Crippen LogP contribution in [-0.2, 0) is 0 Å². The lowest BCUT2D eigenvalue weighted by molar-refractivity contribution is 0.401. The Balaban J connectivity index is 2.56. The summed E-state index contributed by atoms with van der Waals surface area (Å²) in [5.74, 6) is 6.65. The highest BCUT2D eigenvalue weighted by Gasteiger charge is 2.22. The summed E-state index contributed by atoms with van der Waals surface area (Å²) in [6.45, 7) is 4.14. The number of methoxy groups -OCH3 is 1. The van der Waals surface area contributed by atoms with Gasteiger partial charge in [-0.05, 0) is 52.4 Å². The highest BCUT2D eigenvalue weighted by Crippen LogP contribution is 2.38. The molecule has 0 aliphatic rings. The third kappa shape index (κ3) is 2.69. The quantitative estimate of drug-likeness (QED) is 0.659. The first kappa shape index (κ1) is 14.5. The number of hydrazine groups is 1. The Morgan fingerprint density at radius 2 is 2.05 bits per heavy atom. The molecule has 3 nitrogen and oxygen atoms in total. The van der Waals surface area contributed by atoms with E-state index < -0.39 is 0 Å². The zero-order chi connectivity index (χ0) is 14.0. The van der Waals surface area contributed by atoms with Gasteiger partial charge in [0.15, 0.2) is 0 Å². The molecule has 2 aromatic rings. The molecule has 0 saturated carbocycles. The van der Waals surface area contributed by atoms with Crippen LogP contribution in [0.25, 0.3) is 0 Å². The van der Waals surface area contributed by atoms with E-state index in [-0.39, 0.29) is 6.04 Å². The topological polar surface area (TPSA) is 47.3 Å². The smallest absolute Gasteiger partial charge is 0.127 e. The van der Waals surface area contributed by atoms with E-state index in [0.717, 1.165) is 26.2 Å². The van der Waals surface area contributed by atoms with E-state index in [1.165, 1.54) is 5.56 Å². The van der Waals surface area contributed by atoms with Gasteiger partial charge < -0.3 is 4.74 Å². The van der Waals surface area contributed by atoms with Gasteiger partial charge in [-0.25, -0.2) is 5.43 Å². The van der Waals surface area contributed by atoms with Gasteiger partial charge in [0, 0.05) is 14.9 Å². The molecule has 3 N–H and O–H groups in total. The van der Waals surface area contributed by atoms with Gasteiger partial charge in [-0.15, -0.1) is 11.3 Å². The third-order valence-electron chi connectivity index (χ3n) is 3.30. The predicted octanol–water partition coefficient (Wildman–Crippen LogP) is 3.69. The summed E-state index contributed by atoms with van der Waals surface area (Å²) < 4.78 is 6.63. The van der Waals surface area contributed by atoms with E-state index in [0.29, 0.717) is 0 Å². The number of ether oxygens (including phenoxy) is 1. The second-order valence-electron chi connectivity index (χ2n) is 4.36. The minimum Gasteiger partial charge on any atom is -0.496 e. The summed E-state index contributed by atoms with van der Waals surface area (Å²) >= 11 is 5.22. The molecule has 1 aromatic carbocycles. The standard InChI is InChI=1S/C14H17BrN2OS/c1-8-4-5-10(13(18-3)9(8)2)12(17-16)14-11(15)6-7-19-14/h4-7,12,17H,16H2,1-3H3. The van der Waals surface area contributed by atoms with Crippen LogP contribution in [0.15, 0.2) is 28.1 Å². The SMILES string of the molecule is COc1c(C(NN)c2sccc2Br)ccc(C)c1C. The number of hydrogen-bond acceptors (Lipinski definition) is 4. The van der Waals surface area contributed by atoms with Crippen molar-refractivity contribution in [3.8, 4) is 5.75 Å². The lowest BCUT2D eigenvalue weighted by Gasteiger charge is -2.21. The lowest BCUT2D eigenvalue weighted by atomic mass is 9.98. The van der Waals surface area contributed by atoms with Crippen LogP contribution in [0, 0.1) is 13.8 Å². The van der Waals surface area contributed by atoms with Crippen LogP contribution < -0.4 is 16.0 Å². The fraction of sp³-hybridized carbons (Fsp3) is 0.286. The van der Waals surface area contributed by atoms with Crippen LogP contribution in [0.5, 0.6) is 5.75 Å². The van der Waals surface area contributed by atoms with Crippen molar-refractivity contribution in [2.45, 2.75) is 19.9 Å². The molecular formula is C14H17BrN2OS. The van der Waals surface area contributed by atoms with E-state index in [2.05, 4.69) is 47.3 Å². The molecule has 2 rings (SSSR count). The summed E-state index contributed by atoms with van der Waals surface area (Å²) in [6, 6.07) is 6.11. The second kappa shape index (κ2) is 6.05. The van der Waals surface area contributed by atoms with Crippen molar-refractivity contribution >= 4 is 27.3 Å². The Morgan fingerprint density at radius 1 is 1.32 bits per heavy atom. The summed E-state index contributed by atoms with van der Waals surface area (Å²) in [5, 5.41) is 2.04. The normalized spacial score (nSPS) is 12.5. The predicted molar refractivity (Wildman–Crippen MR) is 83.7 cm³/mol. The number of halogens is 1. The minimum atomic E-state index is -0.0800. The first-order valence-electron chi connectivity index (χ1n) is 5.93. The molecule has 0 radical (unpaired) electrons. The van der Waals surface area contributed by atoms with Gasteiger partial charge in [0.2, 0.25) is 0 Å². The van der Waals surface area contributed by atoms with Crippen molar-refractivity contribution < 1.29 is 4.74 Å². The van der Waals surface area contributed by atoms with Crippen molar-refractivity contribution in [3.05, 3.63) is 49.6 Å². The molecular weight excluding hydrogens is 324 g/mol. The van der Waals surface area contributed by atoms with Crippen LogP contribution in [0.1, 0.15) is 27.6 Å². The van der Waals surface area contributed by atoms with Gasteiger partial charge >= 0.3 is 0 Å². The van der Waals surface area contributed by atoms with E-state index in [9.17, 15) is 0 Å². The number of benzene rings is 1. The molecule has 0 saturated heterocycles. The summed E-state index contributed by atoms with van der Waals surface area (Å²) in [5.41, 5.74) is 6.29. The molecule has 1 aromatic heterocycles. The first-order valence-corrected chi connectivity index (χ1v) is 7.60. The average Bonchev–Trinajstić information content (AvgIpc) is 2.81. The number of nitrogens with two attached hydrogens (primary N) is 1. The summed E-state index contributed by atoms with van der Waals surface area (Å²) in [6.07, 6.45) is 0. The maximum Gasteiger partial charge on any atom is 0.127 e. The van der Waals surface area contributed by atoms with Gasteiger partial charge in [-0.2, -0.15) is 0 Å². The second-order valence-corrected chi connectivity index (χ2v) is 6.16. The lowest BCUT2D eigenvalue weighted by Crippen LogP contribution is -2.29. The van der Waals surface area contributed by atoms with Crippen LogP contribution >= 0.6 is 27.3 Å². The fourth-order valence-electron chi connectivity index (χ4n) is 2.13. The van der Waals surface area contributed by atoms with Crippen molar-refractivity contribution in [3.63, 3.8) is 0 Å². The molecule has 1 unspecified atom stereocenters. The monoisotopic (exact) mass is 340 g/mol. The molecule has 0 amide bonds. The minimum absolute atomic E-state index is 0.0800. The molecule has 1 heterocycles. The number of thiophene rings is 1. The maximum atomic E-state index is 5.76. The maximum absolute atomic E-state index is 5.76. The van der Waals surface area contributed by atoms with Crippen molar-refractivity contribution in [1.82, 2.24) is 5.43 Å². The number of rotatable bonds is 4. The zero-order valence-electron chi connectivity index (χ0n) is 11.2. The van der Waals surface area contributed by atoms with Gasteiger partial charge in [0.25, 0.3) is 0 Å². The fourth-order valence-corrected chi connectivity index (χ4v) is 3.81. The molecule has 1 atom stereocenters. The van der Waals surface area contributed by atoms with Crippen LogP contribution in [0.4, 0.5) is 0 Å². The molecule has 0 aliphatic heterocycles. The Morgan fingerprint density at radius 3 is 2.58 bits per heavy atom. The van der Waals surface area contributed by atoms with Crippen LogP contribution in [0.2, 0.25) is 0 Å². The number of hydrogen-bond donors (Lipinski definition) is 2. The zero-order valence-corrected chi connectivity index (χ0v) is 13.6. The Hall–Kier alpha value is -0.880. The van der Waals surface area contributed by atoms with E-state index in [1.54, 1.807) is 18.4 Å². The molecule has 102 valence electrons. The third-order valence-corrected chi connectivity index (χ3v) is 5.23.